The number of anilines is 2. The lowest BCUT2D eigenvalue weighted by Crippen LogP contribution is -2.35. The Hall–Kier alpha value is -2.54. The van der Waals surface area contributed by atoms with Gasteiger partial charge in [0.2, 0.25) is 0 Å². The van der Waals surface area contributed by atoms with Crippen LogP contribution in [0.15, 0.2) is 71.6 Å². The molecule has 8 heteroatoms. The summed E-state index contributed by atoms with van der Waals surface area (Å²) in [6.45, 7) is 0.589. The minimum absolute atomic E-state index is 0.0983. The first-order valence-corrected chi connectivity index (χ1v) is 11.6. The molecule has 0 saturated heterocycles. The van der Waals surface area contributed by atoms with Crippen LogP contribution in [0.3, 0.4) is 0 Å². The van der Waals surface area contributed by atoms with Crippen LogP contribution in [0.2, 0.25) is 10.0 Å². The highest BCUT2D eigenvalue weighted by molar-refractivity contribution is 7.92. The molecule has 3 aromatic carbocycles. The van der Waals surface area contributed by atoms with E-state index >= 15 is 0 Å². The van der Waals surface area contributed by atoms with E-state index in [0.717, 1.165) is 17.7 Å². The number of halogens is 2. The van der Waals surface area contributed by atoms with Crippen molar-refractivity contribution in [3.05, 3.63) is 87.9 Å². The van der Waals surface area contributed by atoms with E-state index in [1.165, 1.54) is 24.3 Å². The molecule has 1 amide bonds. The largest absolute Gasteiger partial charge is 0.308 e. The Balaban J connectivity index is 1.64. The van der Waals surface area contributed by atoms with Crippen LogP contribution in [-0.2, 0) is 16.4 Å². The molecular weight excluding hydrogens is 443 g/mol. The van der Waals surface area contributed by atoms with Crippen molar-refractivity contribution in [3.63, 3.8) is 0 Å². The van der Waals surface area contributed by atoms with E-state index in [9.17, 15) is 13.2 Å². The molecule has 0 atom stereocenters. The van der Waals surface area contributed by atoms with Gasteiger partial charge < -0.3 is 4.90 Å². The van der Waals surface area contributed by atoms with Crippen LogP contribution in [0.5, 0.6) is 0 Å². The Kier molecular flexibility index (Phi) is 5.73. The number of hydrogen-bond donors (Lipinski definition) is 1. The number of sulfonamides is 1. The Labute approximate surface area is 185 Å². The van der Waals surface area contributed by atoms with E-state index in [2.05, 4.69) is 4.72 Å². The summed E-state index contributed by atoms with van der Waals surface area (Å²) in [6.07, 6.45) is 1.45. The van der Waals surface area contributed by atoms with Crippen molar-refractivity contribution in [1.82, 2.24) is 0 Å². The van der Waals surface area contributed by atoms with Crippen molar-refractivity contribution in [2.24, 2.45) is 0 Å². The molecular formula is C22H18Cl2N2O3S. The first-order valence-electron chi connectivity index (χ1n) is 9.32. The van der Waals surface area contributed by atoms with Gasteiger partial charge in [-0.3, -0.25) is 9.52 Å². The number of amides is 1. The molecule has 0 saturated carbocycles. The standard InChI is InChI=1S/C22H18Cl2N2O3S/c23-17-12-18(24)14-19(13-17)25-30(28,29)20-8-9-21-16(11-20)7-4-10-26(21)22(27)15-5-2-1-3-6-15/h1-3,5-6,8-9,11-14,25H,4,7,10H2. The average molecular weight is 461 g/mol. The Morgan fingerprint density at radius 1 is 0.933 bits per heavy atom. The molecule has 0 bridgehead atoms. The molecule has 1 heterocycles. The Bertz CT molecular complexity index is 1190. The monoisotopic (exact) mass is 460 g/mol. The average Bonchev–Trinajstić information content (AvgIpc) is 2.72. The van der Waals surface area contributed by atoms with Crippen molar-refractivity contribution in [3.8, 4) is 0 Å². The molecule has 0 radical (unpaired) electrons. The molecule has 0 aliphatic carbocycles. The smallest absolute Gasteiger partial charge is 0.261 e. The second-order valence-electron chi connectivity index (χ2n) is 6.98. The van der Waals surface area contributed by atoms with Gasteiger partial charge in [-0.25, -0.2) is 8.42 Å². The number of rotatable bonds is 4. The van der Waals surface area contributed by atoms with Crippen LogP contribution in [0.1, 0.15) is 22.3 Å². The summed E-state index contributed by atoms with van der Waals surface area (Å²) in [5.74, 6) is -0.0983. The predicted molar refractivity (Wildman–Crippen MR) is 120 cm³/mol. The lowest BCUT2D eigenvalue weighted by Gasteiger charge is -2.30. The van der Waals surface area contributed by atoms with Gasteiger partial charge in [0.05, 0.1) is 10.6 Å². The SMILES string of the molecule is O=C(c1ccccc1)N1CCCc2cc(S(=O)(=O)Nc3cc(Cl)cc(Cl)c3)ccc21. The molecule has 1 aliphatic heterocycles. The van der Waals surface area contributed by atoms with E-state index in [4.69, 9.17) is 23.2 Å². The van der Waals surface area contributed by atoms with E-state index in [0.29, 0.717) is 28.6 Å². The minimum Gasteiger partial charge on any atom is -0.308 e. The van der Waals surface area contributed by atoms with Gasteiger partial charge >= 0.3 is 0 Å². The maximum absolute atomic E-state index is 12.9. The second kappa shape index (κ2) is 8.30. The fourth-order valence-electron chi connectivity index (χ4n) is 3.52. The van der Waals surface area contributed by atoms with E-state index in [1.807, 2.05) is 18.2 Å². The fourth-order valence-corrected chi connectivity index (χ4v) is 5.13. The van der Waals surface area contributed by atoms with E-state index in [-0.39, 0.29) is 16.5 Å². The third-order valence-electron chi connectivity index (χ3n) is 4.86. The molecule has 5 nitrogen and oxygen atoms in total. The van der Waals surface area contributed by atoms with Crippen LogP contribution in [0.4, 0.5) is 11.4 Å². The summed E-state index contributed by atoms with van der Waals surface area (Å²) in [6, 6.07) is 18.4. The van der Waals surface area contributed by atoms with Gasteiger partial charge in [0.15, 0.2) is 0 Å². The van der Waals surface area contributed by atoms with Gasteiger partial charge in [-0.05, 0) is 66.9 Å². The Morgan fingerprint density at radius 3 is 2.33 bits per heavy atom. The molecule has 3 aromatic rings. The van der Waals surface area contributed by atoms with Gasteiger partial charge in [-0.15, -0.1) is 0 Å². The summed E-state index contributed by atoms with van der Waals surface area (Å²) >= 11 is 11.9. The lowest BCUT2D eigenvalue weighted by molar-refractivity contribution is 0.0985. The lowest BCUT2D eigenvalue weighted by atomic mass is 10.0. The number of nitrogens with zero attached hydrogens (tertiary/aromatic N) is 1. The van der Waals surface area contributed by atoms with Crippen LogP contribution in [-0.4, -0.2) is 20.9 Å². The van der Waals surface area contributed by atoms with Crippen molar-refractivity contribution < 1.29 is 13.2 Å². The first-order chi connectivity index (χ1) is 14.3. The number of aryl methyl sites for hydroxylation is 1. The third-order valence-corrected chi connectivity index (χ3v) is 6.68. The fraction of sp³-hybridized carbons (Fsp3) is 0.136. The maximum atomic E-state index is 12.9. The molecule has 4 rings (SSSR count). The first kappa shape index (κ1) is 20.7. The zero-order valence-electron chi connectivity index (χ0n) is 15.8. The summed E-state index contributed by atoms with van der Waals surface area (Å²) in [7, 11) is -3.84. The second-order valence-corrected chi connectivity index (χ2v) is 9.54. The van der Waals surface area contributed by atoms with Crippen LogP contribution in [0, 0.1) is 0 Å². The van der Waals surface area contributed by atoms with Gasteiger partial charge in [0, 0.05) is 27.8 Å². The number of hydrogen-bond acceptors (Lipinski definition) is 3. The van der Waals surface area contributed by atoms with Crippen LogP contribution >= 0.6 is 23.2 Å². The topological polar surface area (TPSA) is 66.5 Å². The van der Waals surface area contributed by atoms with Gasteiger partial charge in [0.25, 0.3) is 15.9 Å². The van der Waals surface area contributed by atoms with Crippen molar-refractivity contribution in [1.29, 1.82) is 0 Å². The molecule has 1 N–H and O–H groups in total. The van der Waals surface area contributed by atoms with Gasteiger partial charge in [-0.2, -0.15) is 0 Å². The molecule has 30 heavy (non-hydrogen) atoms. The molecule has 0 spiro atoms. The van der Waals surface area contributed by atoms with Crippen molar-refractivity contribution in [2.75, 3.05) is 16.2 Å². The normalized spacial score (nSPS) is 13.6. The van der Waals surface area contributed by atoms with Crippen LogP contribution < -0.4 is 9.62 Å². The van der Waals surface area contributed by atoms with Gasteiger partial charge in [-0.1, -0.05) is 41.4 Å². The molecule has 0 aromatic heterocycles. The summed E-state index contributed by atoms with van der Waals surface area (Å²) < 4.78 is 28.2. The molecule has 0 fully saturated rings. The quantitative estimate of drug-likeness (QED) is 0.567. The van der Waals surface area contributed by atoms with Gasteiger partial charge in [0.1, 0.15) is 0 Å². The summed E-state index contributed by atoms with van der Waals surface area (Å²) in [5.41, 5.74) is 2.44. The predicted octanol–water partition coefficient (Wildman–Crippen LogP) is 5.39. The van der Waals surface area contributed by atoms with Crippen molar-refractivity contribution >= 4 is 50.5 Å². The third kappa shape index (κ3) is 4.31. The van der Waals surface area contributed by atoms with Crippen LogP contribution in [0.25, 0.3) is 0 Å². The Morgan fingerprint density at radius 2 is 1.63 bits per heavy atom. The van der Waals surface area contributed by atoms with Crippen molar-refractivity contribution in [2.45, 2.75) is 17.7 Å². The highest BCUT2D eigenvalue weighted by Crippen LogP contribution is 2.32. The van der Waals surface area contributed by atoms with E-state index < -0.39 is 10.0 Å². The molecule has 154 valence electrons. The molecule has 0 unspecified atom stereocenters. The highest BCUT2D eigenvalue weighted by atomic mass is 35.5. The highest BCUT2D eigenvalue weighted by Gasteiger charge is 2.25. The number of carbonyl (C=O) groups excluding carboxylic acids is 1. The van der Waals surface area contributed by atoms with E-state index in [1.54, 1.807) is 29.2 Å². The maximum Gasteiger partial charge on any atom is 0.261 e. The molecule has 1 aliphatic rings. The number of carbonyl (C=O) groups is 1. The minimum atomic E-state index is -3.84. The zero-order chi connectivity index (χ0) is 21.3. The summed E-state index contributed by atoms with van der Waals surface area (Å²) in [5, 5.41) is 0.668. The number of benzene rings is 3. The number of nitrogens with one attached hydrogen (secondary N) is 1. The summed E-state index contributed by atoms with van der Waals surface area (Å²) in [4.78, 5) is 14.7. The zero-order valence-corrected chi connectivity index (χ0v) is 18.1. The number of fused-ring (bicyclic) bond motifs is 1.